The number of thioether (sulfide) groups is 2. The van der Waals surface area contributed by atoms with Crippen molar-refractivity contribution in [1.82, 2.24) is 0 Å². The lowest BCUT2D eigenvalue weighted by Crippen LogP contribution is -2.34. The molecule has 0 bridgehead atoms. The molecule has 4 rings (SSSR count). The fraction of sp³-hybridized carbons (Fsp3) is 0.440. The van der Waals surface area contributed by atoms with Crippen LogP contribution in [-0.2, 0) is 9.47 Å². The van der Waals surface area contributed by atoms with Crippen molar-refractivity contribution in [3.8, 4) is 0 Å². The van der Waals surface area contributed by atoms with Crippen LogP contribution in [0.5, 0.6) is 0 Å². The lowest BCUT2D eigenvalue weighted by atomic mass is 9.93. The van der Waals surface area contributed by atoms with Crippen molar-refractivity contribution in [2.24, 2.45) is 15.4 Å². The van der Waals surface area contributed by atoms with Gasteiger partial charge in [-0.25, -0.2) is 9.98 Å². The van der Waals surface area contributed by atoms with Crippen LogP contribution in [0.1, 0.15) is 37.2 Å². The zero-order valence-electron chi connectivity index (χ0n) is 18.5. The van der Waals surface area contributed by atoms with Gasteiger partial charge in [-0.2, -0.15) is 23.5 Å². The second-order valence-corrected chi connectivity index (χ2v) is 10.3. The first-order valence-electron chi connectivity index (χ1n) is 10.6. The van der Waals surface area contributed by atoms with Crippen LogP contribution in [0.25, 0.3) is 0 Å². The van der Waals surface area contributed by atoms with Gasteiger partial charge in [-0.3, -0.25) is 0 Å². The molecule has 4 atom stereocenters. The van der Waals surface area contributed by atoms with E-state index in [4.69, 9.17) is 19.5 Å². The third kappa shape index (κ3) is 4.65. The summed E-state index contributed by atoms with van der Waals surface area (Å²) in [6.07, 6.45) is 4.08. The molecule has 0 saturated heterocycles. The lowest BCUT2D eigenvalue weighted by Gasteiger charge is -2.26. The number of rotatable bonds is 8. The van der Waals surface area contributed by atoms with E-state index in [0.717, 1.165) is 34.4 Å². The lowest BCUT2D eigenvalue weighted by molar-refractivity contribution is 0.167. The van der Waals surface area contributed by atoms with Crippen molar-refractivity contribution in [1.29, 1.82) is 0 Å². The topological polar surface area (TPSA) is 43.2 Å². The van der Waals surface area contributed by atoms with E-state index >= 15 is 0 Å². The third-order valence-electron chi connectivity index (χ3n) is 5.74. The van der Waals surface area contributed by atoms with Crippen LogP contribution >= 0.6 is 23.5 Å². The minimum absolute atomic E-state index is 0.0724. The molecule has 0 fully saturated rings. The average Bonchev–Trinajstić information content (AvgIpc) is 3.41. The molecule has 0 aromatic heterocycles. The Kier molecular flexibility index (Phi) is 6.97. The highest BCUT2D eigenvalue weighted by Gasteiger charge is 2.46. The maximum absolute atomic E-state index is 6.50. The molecule has 31 heavy (non-hydrogen) atoms. The fourth-order valence-electron chi connectivity index (χ4n) is 4.06. The zero-order chi connectivity index (χ0) is 21.8. The Labute approximate surface area is 193 Å². The summed E-state index contributed by atoms with van der Waals surface area (Å²) in [7, 11) is 0. The van der Waals surface area contributed by atoms with Crippen LogP contribution in [0.15, 0.2) is 70.6 Å². The normalized spacial score (nSPS) is 25.5. The Morgan fingerprint density at radius 1 is 0.710 bits per heavy atom. The van der Waals surface area contributed by atoms with Crippen molar-refractivity contribution in [2.45, 2.75) is 38.1 Å². The van der Waals surface area contributed by atoms with Gasteiger partial charge in [0.25, 0.3) is 0 Å². The van der Waals surface area contributed by atoms with E-state index in [-0.39, 0.29) is 24.3 Å². The van der Waals surface area contributed by atoms with E-state index in [1.807, 2.05) is 12.1 Å². The van der Waals surface area contributed by atoms with E-state index in [9.17, 15) is 0 Å². The molecule has 6 heteroatoms. The monoisotopic (exact) mass is 454 g/mol. The molecule has 2 aliphatic rings. The molecule has 0 N–H and O–H groups in total. The van der Waals surface area contributed by atoms with Crippen LogP contribution in [0.2, 0.25) is 0 Å². The maximum atomic E-state index is 6.50. The molecular formula is C25H30N2O2S2. The van der Waals surface area contributed by atoms with E-state index in [2.05, 4.69) is 74.9 Å². The molecule has 164 valence electrons. The van der Waals surface area contributed by atoms with Crippen LogP contribution in [0, 0.1) is 5.41 Å². The van der Waals surface area contributed by atoms with Crippen LogP contribution in [-0.4, -0.2) is 47.9 Å². The van der Waals surface area contributed by atoms with Crippen LogP contribution < -0.4 is 0 Å². The zero-order valence-corrected chi connectivity index (χ0v) is 20.2. The first-order valence-corrected chi connectivity index (χ1v) is 13.4. The smallest absolute Gasteiger partial charge is 0.199 e. The van der Waals surface area contributed by atoms with Crippen LogP contribution in [0.4, 0.5) is 0 Å². The number of aliphatic imine (C=N–C) groups is 2. The Bertz CT molecular complexity index is 856. The number of nitrogens with zero attached hydrogens (tertiary/aromatic N) is 2. The number of ether oxygens (including phenoxy) is 2. The maximum Gasteiger partial charge on any atom is 0.199 e. The molecule has 0 amide bonds. The van der Waals surface area contributed by atoms with Gasteiger partial charge in [0.05, 0.1) is 0 Å². The van der Waals surface area contributed by atoms with Gasteiger partial charge in [0, 0.05) is 11.5 Å². The molecule has 0 spiro atoms. The van der Waals surface area contributed by atoms with Gasteiger partial charge in [-0.05, 0) is 37.5 Å². The summed E-state index contributed by atoms with van der Waals surface area (Å²) in [5, 5.41) is 0. The van der Waals surface area contributed by atoms with Crippen LogP contribution in [0.3, 0.4) is 0 Å². The third-order valence-corrected chi connectivity index (χ3v) is 7.09. The number of hydrogen-bond acceptors (Lipinski definition) is 6. The largest absolute Gasteiger partial charge is 0.470 e. The van der Waals surface area contributed by atoms with Crippen molar-refractivity contribution < 1.29 is 9.47 Å². The summed E-state index contributed by atoms with van der Waals surface area (Å²) < 4.78 is 13.0. The first kappa shape index (κ1) is 22.3. The molecule has 0 radical (unpaired) electrons. The highest BCUT2D eigenvalue weighted by molar-refractivity contribution is 7.98. The van der Waals surface area contributed by atoms with E-state index in [1.165, 1.54) is 0 Å². The predicted octanol–water partition coefficient (Wildman–Crippen LogP) is 5.82. The summed E-state index contributed by atoms with van der Waals surface area (Å²) in [5.41, 5.74) is 1.79. The summed E-state index contributed by atoms with van der Waals surface area (Å²) >= 11 is 3.59. The fourth-order valence-corrected chi connectivity index (χ4v) is 5.24. The Balaban J connectivity index is 1.59. The number of hydrogen-bond donors (Lipinski definition) is 0. The minimum atomic E-state index is -0.527. The highest BCUT2D eigenvalue weighted by Crippen LogP contribution is 2.41. The molecule has 4 nitrogen and oxygen atoms in total. The number of benzene rings is 2. The SMILES string of the molecule is CSC[C@@H]1N=C(C(C)(C)C2=N[C@@H](CSC)[C@H](c3ccccc3)O2)O[C@H]1c1ccccc1. The quantitative estimate of drug-likeness (QED) is 0.504. The summed E-state index contributed by atoms with van der Waals surface area (Å²) in [4.78, 5) is 10.1. The molecule has 2 aliphatic heterocycles. The van der Waals surface area contributed by atoms with Crippen molar-refractivity contribution in [3.05, 3.63) is 71.8 Å². The molecule has 0 unspecified atom stereocenters. The second kappa shape index (κ2) is 9.70. The first-order chi connectivity index (χ1) is 15.0. The average molecular weight is 455 g/mol. The van der Waals surface area contributed by atoms with E-state index in [1.54, 1.807) is 23.5 Å². The van der Waals surface area contributed by atoms with Crippen molar-refractivity contribution in [2.75, 3.05) is 24.0 Å². The van der Waals surface area contributed by atoms with E-state index < -0.39 is 5.41 Å². The molecule has 0 saturated carbocycles. The predicted molar refractivity (Wildman–Crippen MR) is 134 cm³/mol. The molecule has 0 aliphatic carbocycles. The van der Waals surface area contributed by atoms with Gasteiger partial charge in [0.15, 0.2) is 11.8 Å². The second-order valence-electron chi connectivity index (χ2n) is 8.44. The van der Waals surface area contributed by atoms with Gasteiger partial charge in [-0.1, -0.05) is 60.7 Å². The Hall–Kier alpha value is -1.92. The summed E-state index contributed by atoms with van der Waals surface area (Å²) in [5.74, 6) is 3.26. The van der Waals surface area contributed by atoms with Gasteiger partial charge >= 0.3 is 0 Å². The summed E-state index contributed by atoms with van der Waals surface area (Å²) in [6, 6.07) is 20.9. The molecule has 2 heterocycles. The summed E-state index contributed by atoms with van der Waals surface area (Å²) in [6.45, 7) is 4.22. The van der Waals surface area contributed by atoms with Gasteiger partial charge in [0.1, 0.15) is 29.7 Å². The highest BCUT2D eigenvalue weighted by atomic mass is 32.2. The molecular weight excluding hydrogens is 424 g/mol. The molecule has 2 aromatic carbocycles. The van der Waals surface area contributed by atoms with Gasteiger partial charge in [0.2, 0.25) is 0 Å². The van der Waals surface area contributed by atoms with Crippen molar-refractivity contribution in [3.63, 3.8) is 0 Å². The van der Waals surface area contributed by atoms with E-state index in [0.29, 0.717) is 0 Å². The minimum Gasteiger partial charge on any atom is -0.470 e. The van der Waals surface area contributed by atoms with Gasteiger partial charge in [-0.15, -0.1) is 0 Å². The Morgan fingerprint density at radius 2 is 1.10 bits per heavy atom. The Morgan fingerprint density at radius 3 is 1.45 bits per heavy atom. The standard InChI is InChI=1S/C25H30N2O2S2/c1-25(2,23-26-19(15-30-3)21(28-23)17-11-7-5-8-12-17)24-27-20(16-31-4)22(29-24)18-13-9-6-10-14-18/h5-14,19-22H,15-16H2,1-4H3/t19-,20-,21-,22-/m0/s1. The van der Waals surface area contributed by atoms with Gasteiger partial charge < -0.3 is 9.47 Å². The molecule has 2 aromatic rings. The van der Waals surface area contributed by atoms with Crippen molar-refractivity contribution >= 4 is 35.3 Å².